The molecule has 0 aliphatic heterocycles. The van der Waals surface area contributed by atoms with E-state index in [9.17, 15) is 23.2 Å². The van der Waals surface area contributed by atoms with Gasteiger partial charge in [-0.2, -0.15) is 0 Å². The molecule has 30 heavy (non-hydrogen) atoms. The van der Waals surface area contributed by atoms with Gasteiger partial charge in [-0.1, -0.05) is 11.6 Å². The third-order valence-corrected chi connectivity index (χ3v) is 4.49. The molecule has 0 aliphatic rings. The van der Waals surface area contributed by atoms with Gasteiger partial charge in [-0.25, -0.2) is 13.8 Å². The van der Waals surface area contributed by atoms with Gasteiger partial charge in [-0.15, -0.1) is 0 Å². The first-order chi connectivity index (χ1) is 14.2. The Hall–Kier alpha value is -3.79. The minimum atomic E-state index is -0.971. The van der Waals surface area contributed by atoms with E-state index in [1.54, 1.807) is 0 Å². The van der Waals surface area contributed by atoms with Crippen molar-refractivity contribution in [2.75, 3.05) is 12.4 Å². The van der Waals surface area contributed by atoms with Crippen molar-refractivity contribution in [3.63, 3.8) is 0 Å². The van der Waals surface area contributed by atoms with Crippen molar-refractivity contribution in [1.29, 1.82) is 0 Å². The highest BCUT2D eigenvalue weighted by Crippen LogP contribution is 2.24. The second kappa shape index (κ2) is 8.29. The maximum atomic E-state index is 13.9. The summed E-state index contributed by atoms with van der Waals surface area (Å²) in [6, 6.07) is 7.51. The molecule has 0 unspecified atom stereocenters. The molecule has 0 saturated carbocycles. The summed E-state index contributed by atoms with van der Waals surface area (Å²) in [5.41, 5.74) is 5.15. The minimum absolute atomic E-state index is 0.125. The van der Waals surface area contributed by atoms with Crippen LogP contribution in [-0.2, 0) is 0 Å². The van der Waals surface area contributed by atoms with Gasteiger partial charge in [0, 0.05) is 18.4 Å². The molecule has 0 saturated heterocycles. The number of aromatic nitrogens is 2. The molecule has 0 fully saturated rings. The molecule has 0 spiro atoms. The van der Waals surface area contributed by atoms with Gasteiger partial charge < -0.3 is 16.4 Å². The maximum Gasteiger partial charge on any atom is 0.272 e. The minimum Gasteiger partial charge on any atom is -0.364 e. The van der Waals surface area contributed by atoms with E-state index < -0.39 is 39.9 Å². The summed E-state index contributed by atoms with van der Waals surface area (Å²) >= 11 is 5.69. The number of anilines is 1. The lowest BCUT2D eigenvalue weighted by atomic mass is 10.1. The van der Waals surface area contributed by atoms with Crippen LogP contribution in [0.1, 0.15) is 31.3 Å². The number of primary amides is 1. The Morgan fingerprint density at radius 1 is 1.03 bits per heavy atom. The Morgan fingerprint density at radius 3 is 2.27 bits per heavy atom. The second-order valence-corrected chi connectivity index (χ2v) is 6.35. The Kier molecular flexibility index (Phi) is 5.79. The number of nitrogens with zero attached hydrogens (tertiary/aromatic N) is 2. The van der Waals surface area contributed by atoms with Gasteiger partial charge in [0.2, 0.25) is 0 Å². The number of imidazole rings is 1. The number of nitrogens with one attached hydrogen (secondary N) is 2. The molecule has 1 aromatic heterocycles. The van der Waals surface area contributed by atoms with Crippen molar-refractivity contribution in [2.24, 2.45) is 5.73 Å². The third kappa shape index (κ3) is 3.85. The molecule has 3 rings (SSSR count). The van der Waals surface area contributed by atoms with Crippen LogP contribution in [0.15, 0.2) is 42.7 Å². The van der Waals surface area contributed by atoms with Gasteiger partial charge >= 0.3 is 0 Å². The fraction of sp³-hybridized carbons (Fsp3) is 0.0526. The number of carbonyl (C=O) groups is 3. The van der Waals surface area contributed by atoms with Crippen molar-refractivity contribution >= 4 is 35.0 Å². The zero-order chi connectivity index (χ0) is 22.0. The van der Waals surface area contributed by atoms with Crippen molar-refractivity contribution in [3.05, 3.63) is 76.3 Å². The largest absolute Gasteiger partial charge is 0.364 e. The molecular formula is C19H14ClF2N5O3. The van der Waals surface area contributed by atoms with E-state index >= 15 is 0 Å². The van der Waals surface area contributed by atoms with Crippen LogP contribution in [-0.4, -0.2) is 34.3 Å². The Morgan fingerprint density at radius 2 is 1.67 bits per heavy atom. The van der Waals surface area contributed by atoms with Crippen LogP contribution in [0.5, 0.6) is 0 Å². The predicted molar refractivity (Wildman–Crippen MR) is 105 cm³/mol. The predicted octanol–water partition coefficient (Wildman–Crippen LogP) is 2.51. The number of amides is 3. The van der Waals surface area contributed by atoms with Crippen LogP contribution in [0.2, 0.25) is 5.02 Å². The molecule has 0 radical (unpaired) electrons. The molecule has 11 heteroatoms. The summed E-state index contributed by atoms with van der Waals surface area (Å²) in [7, 11) is 1.39. The summed E-state index contributed by atoms with van der Waals surface area (Å²) in [6.45, 7) is 0. The van der Waals surface area contributed by atoms with Gasteiger partial charge in [-0.3, -0.25) is 19.0 Å². The molecule has 154 valence electrons. The number of hydrogen-bond acceptors (Lipinski definition) is 4. The van der Waals surface area contributed by atoms with Gasteiger partial charge in [0.1, 0.15) is 23.7 Å². The first kappa shape index (κ1) is 20.9. The van der Waals surface area contributed by atoms with Crippen LogP contribution < -0.4 is 16.4 Å². The first-order valence-electron chi connectivity index (χ1n) is 8.39. The van der Waals surface area contributed by atoms with E-state index in [2.05, 4.69) is 15.6 Å². The summed E-state index contributed by atoms with van der Waals surface area (Å²) in [5.74, 6) is -4.28. The lowest BCUT2D eigenvalue weighted by Gasteiger charge is -2.10. The molecule has 2 aromatic carbocycles. The lowest BCUT2D eigenvalue weighted by molar-refractivity contribution is 0.0937. The molecule has 4 N–H and O–H groups in total. The number of carbonyl (C=O) groups excluding carboxylic acids is 3. The van der Waals surface area contributed by atoms with Crippen molar-refractivity contribution in [2.45, 2.75) is 0 Å². The van der Waals surface area contributed by atoms with Crippen LogP contribution in [0, 0.1) is 11.6 Å². The topological polar surface area (TPSA) is 119 Å². The SMILES string of the molecule is CNC(=O)c1ncn(-c2ccc(NC(=O)c3c(F)ccc(F)c3Cl)cc2)c1C(N)=O. The average Bonchev–Trinajstić information content (AvgIpc) is 3.16. The summed E-state index contributed by atoms with van der Waals surface area (Å²) in [5, 5.41) is 4.14. The fourth-order valence-corrected chi connectivity index (χ4v) is 2.94. The van der Waals surface area contributed by atoms with E-state index in [0.717, 1.165) is 12.1 Å². The second-order valence-electron chi connectivity index (χ2n) is 5.97. The standard InChI is InChI=1S/C19H14ClF2N5O3/c1-24-19(30)15-16(17(23)28)27(8-25-15)10-4-2-9(3-5-10)26-18(29)13-11(21)6-7-12(22)14(13)20/h2-8H,1H3,(H2,23,28)(H,24,30)(H,26,29). The molecule has 1 heterocycles. The van der Waals surface area contributed by atoms with E-state index in [1.165, 1.54) is 42.2 Å². The first-order valence-corrected chi connectivity index (χ1v) is 8.77. The Bertz CT molecular complexity index is 1160. The quantitative estimate of drug-likeness (QED) is 0.535. The van der Waals surface area contributed by atoms with E-state index in [4.69, 9.17) is 17.3 Å². The molecule has 0 atom stereocenters. The lowest BCUT2D eigenvalue weighted by Crippen LogP contribution is -2.25. The fourth-order valence-electron chi connectivity index (χ4n) is 2.70. The molecular weight excluding hydrogens is 420 g/mol. The molecule has 0 aliphatic carbocycles. The molecule has 3 amide bonds. The van der Waals surface area contributed by atoms with Crippen LogP contribution in [0.3, 0.4) is 0 Å². The summed E-state index contributed by atoms with van der Waals surface area (Å²) < 4.78 is 28.7. The van der Waals surface area contributed by atoms with E-state index in [0.29, 0.717) is 5.69 Å². The number of halogens is 3. The third-order valence-electron chi connectivity index (χ3n) is 4.12. The van der Waals surface area contributed by atoms with Gasteiger partial charge in [0.15, 0.2) is 5.69 Å². The average molecular weight is 434 g/mol. The van der Waals surface area contributed by atoms with Crippen LogP contribution in [0.25, 0.3) is 5.69 Å². The number of benzene rings is 2. The maximum absolute atomic E-state index is 13.9. The van der Waals surface area contributed by atoms with Crippen LogP contribution >= 0.6 is 11.6 Å². The van der Waals surface area contributed by atoms with Gasteiger partial charge in [0.05, 0.1) is 10.6 Å². The molecule has 8 nitrogen and oxygen atoms in total. The summed E-state index contributed by atoms with van der Waals surface area (Å²) in [4.78, 5) is 39.9. The van der Waals surface area contributed by atoms with Gasteiger partial charge in [0.25, 0.3) is 17.7 Å². The highest BCUT2D eigenvalue weighted by Gasteiger charge is 2.22. The van der Waals surface area contributed by atoms with Crippen molar-refractivity contribution < 1.29 is 23.2 Å². The zero-order valence-electron chi connectivity index (χ0n) is 15.4. The Labute approximate surface area is 173 Å². The number of hydrogen-bond donors (Lipinski definition) is 3. The van der Waals surface area contributed by atoms with E-state index in [-0.39, 0.29) is 17.1 Å². The Balaban J connectivity index is 1.89. The number of nitrogens with two attached hydrogens (primary N) is 1. The van der Waals surface area contributed by atoms with Crippen LogP contribution in [0.4, 0.5) is 14.5 Å². The highest BCUT2D eigenvalue weighted by atomic mass is 35.5. The van der Waals surface area contributed by atoms with Crippen molar-refractivity contribution in [1.82, 2.24) is 14.9 Å². The normalized spacial score (nSPS) is 10.5. The molecule has 0 bridgehead atoms. The monoisotopic (exact) mass is 433 g/mol. The molecule has 3 aromatic rings. The highest BCUT2D eigenvalue weighted by molar-refractivity contribution is 6.34. The summed E-state index contributed by atoms with van der Waals surface area (Å²) in [6.07, 6.45) is 1.25. The smallest absolute Gasteiger partial charge is 0.272 e. The van der Waals surface area contributed by atoms with Gasteiger partial charge in [-0.05, 0) is 36.4 Å². The number of rotatable bonds is 5. The van der Waals surface area contributed by atoms with Crippen molar-refractivity contribution in [3.8, 4) is 5.69 Å². The van der Waals surface area contributed by atoms with E-state index in [1.807, 2.05) is 0 Å². The zero-order valence-corrected chi connectivity index (χ0v) is 16.1.